The van der Waals surface area contributed by atoms with Crippen molar-refractivity contribution in [2.45, 2.75) is 315 Å². The second kappa shape index (κ2) is 53.8. The van der Waals surface area contributed by atoms with Crippen molar-refractivity contribution in [2.75, 3.05) is 6.61 Å². The van der Waals surface area contributed by atoms with Crippen molar-refractivity contribution >= 4 is 11.9 Å². The minimum atomic E-state index is -0.802. The Morgan fingerprint density at radius 3 is 1.20 bits per heavy atom. The number of carbonyl (C=O) groups excluding carboxylic acids is 2. The molecule has 0 saturated heterocycles. The number of hydrogen-bond donors (Lipinski definition) is 3. The summed E-state index contributed by atoms with van der Waals surface area (Å²) in [6.07, 6.45) is 66.1. The van der Waals surface area contributed by atoms with Crippen LogP contribution in [0.15, 0.2) is 48.6 Å². The van der Waals surface area contributed by atoms with Crippen LogP contribution < -0.4 is 5.32 Å². The number of esters is 1. The Bertz CT molecular complexity index is 1130. The Labute approximate surface area is 410 Å². The van der Waals surface area contributed by atoms with Gasteiger partial charge in [0, 0.05) is 6.42 Å². The van der Waals surface area contributed by atoms with E-state index >= 15 is 0 Å². The predicted molar refractivity (Wildman–Crippen MR) is 287 cm³/mol. The molecule has 66 heavy (non-hydrogen) atoms. The van der Waals surface area contributed by atoms with E-state index in [0.29, 0.717) is 19.3 Å². The van der Waals surface area contributed by atoms with E-state index in [4.69, 9.17) is 4.74 Å². The van der Waals surface area contributed by atoms with Gasteiger partial charge in [0.1, 0.15) is 6.10 Å². The molecule has 0 aliphatic carbocycles. The van der Waals surface area contributed by atoms with E-state index in [0.717, 1.165) is 70.6 Å². The van der Waals surface area contributed by atoms with Crippen molar-refractivity contribution in [2.24, 2.45) is 0 Å². The number of allylic oxidation sites excluding steroid dienone is 8. The molecule has 0 fully saturated rings. The molecule has 386 valence electrons. The molecule has 0 aliphatic heterocycles. The summed E-state index contributed by atoms with van der Waals surface area (Å²) in [5.74, 6) is -0.516. The van der Waals surface area contributed by atoms with Gasteiger partial charge in [-0.25, -0.2) is 0 Å². The molecule has 0 saturated carbocycles. The van der Waals surface area contributed by atoms with E-state index in [2.05, 4.69) is 74.7 Å². The van der Waals surface area contributed by atoms with Crippen LogP contribution >= 0.6 is 0 Å². The van der Waals surface area contributed by atoms with Gasteiger partial charge in [0.2, 0.25) is 5.91 Å². The minimum absolute atomic E-state index is 0.0430. The number of unbranched alkanes of at least 4 members (excludes halogenated alkanes) is 32. The lowest BCUT2D eigenvalue weighted by atomic mass is 10.0. The van der Waals surface area contributed by atoms with Crippen LogP contribution in [0.5, 0.6) is 0 Å². The maximum absolute atomic E-state index is 13.3. The smallest absolute Gasteiger partial charge is 0.306 e. The van der Waals surface area contributed by atoms with Gasteiger partial charge in [-0.05, 0) is 64.2 Å². The van der Waals surface area contributed by atoms with Crippen LogP contribution in [0.1, 0.15) is 297 Å². The summed E-state index contributed by atoms with van der Waals surface area (Å²) < 4.78 is 5.93. The highest BCUT2D eigenvalue weighted by Gasteiger charge is 2.24. The number of aliphatic hydroxyl groups excluding tert-OH is 2. The fourth-order valence-corrected chi connectivity index (χ4v) is 8.77. The second-order valence-corrected chi connectivity index (χ2v) is 19.7. The third-order valence-electron chi connectivity index (χ3n) is 13.2. The van der Waals surface area contributed by atoms with Crippen LogP contribution in [0.3, 0.4) is 0 Å². The van der Waals surface area contributed by atoms with Gasteiger partial charge in [0.05, 0.1) is 25.2 Å². The monoisotopic (exact) mass is 926 g/mol. The van der Waals surface area contributed by atoms with E-state index in [1.807, 2.05) is 0 Å². The highest BCUT2D eigenvalue weighted by atomic mass is 16.5. The fraction of sp³-hybridized carbons (Fsp3) is 0.833. The molecular formula is C60H111NO5. The summed E-state index contributed by atoms with van der Waals surface area (Å²) in [7, 11) is 0. The molecule has 0 aromatic carbocycles. The van der Waals surface area contributed by atoms with E-state index in [1.165, 1.54) is 180 Å². The average Bonchev–Trinajstić information content (AvgIpc) is 3.31. The Hall–Kier alpha value is -2.18. The molecule has 3 N–H and O–H groups in total. The standard InChI is InChI=1S/C60H111NO5/c1-4-7-10-13-16-19-22-25-27-29-31-34-36-39-42-45-48-51-56(66-60(65)53-50-47-44-41-38-33-24-21-18-15-12-9-6-3)54-59(64)61-57(55-62)58(63)52-49-46-43-40-37-35-32-30-28-26-23-20-17-14-11-8-5-2/h16,19,25,27,31,34,39,42,56-58,62-63H,4-15,17-18,20-24,26,28-30,32-33,35-38,40-41,43-55H2,1-3H3,(H,61,64)/b19-16-,27-25-,34-31-,42-39-. The molecule has 1 amide bonds. The molecule has 3 atom stereocenters. The number of hydrogen-bond acceptors (Lipinski definition) is 5. The van der Waals surface area contributed by atoms with Crippen molar-refractivity contribution in [1.82, 2.24) is 5.32 Å². The summed E-state index contributed by atoms with van der Waals surface area (Å²) in [5, 5.41) is 23.9. The number of ether oxygens (including phenoxy) is 1. The molecule has 0 aromatic heterocycles. The minimum Gasteiger partial charge on any atom is -0.462 e. The fourth-order valence-electron chi connectivity index (χ4n) is 8.77. The molecule has 6 nitrogen and oxygen atoms in total. The number of aliphatic hydroxyl groups is 2. The number of carbonyl (C=O) groups is 2. The van der Waals surface area contributed by atoms with Crippen LogP contribution in [0, 0.1) is 0 Å². The van der Waals surface area contributed by atoms with Crippen LogP contribution in [0.25, 0.3) is 0 Å². The van der Waals surface area contributed by atoms with Crippen molar-refractivity contribution in [3.63, 3.8) is 0 Å². The van der Waals surface area contributed by atoms with Crippen molar-refractivity contribution < 1.29 is 24.5 Å². The molecule has 0 spiro atoms. The first kappa shape index (κ1) is 63.8. The number of nitrogens with one attached hydrogen (secondary N) is 1. The molecule has 0 heterocycles. The van der Waals surface area contributed by atoms with E-state index in [9.17, 15) is 19.8 Å². The second-order valence-electron chi connectivity index (χ2n) is 19.7. The van der Waals surface area contributed by atoms with Gasteiger partial charge in [0.25, 0.3) is 0 Å². The highest BCUT2D eigenvalue weighted by Crippen LogP contribution is 2.18. The molecule has 0 rings (SSSR count). The lowest BCUT2D eigenvalue weighted by Gasteiger charge is -2.24. The van der Waals surface area contributed by atoms with E-state index in [-0.39, 0.29) is 24.9 Å². The van der Waals surface area contributed by atoms with Gasteiger partial charge in [0.15, 0.2) is 0 Å². The molecule has 0 radical (unpaired) electrons. The summed E-state index contributed by atoms with van der Waals surface area (Å²) in [4.78, 5) is 26.2. The molecular weight excluding hydrogens is 815 g/mol. The molecule has 0 bridgehead atoms. The summed E-state index contributed by atoms with van der Waals surface area (Å²) in [5.41, 5.74) is 0. The SMILES string of the molecule is CCCCC/C=C\C/C=C\C/C=C\C/C=C\CCCC(CC(=O)NC(CO)C(O)CCCCCCCCCCCCCCCCCCC)OC(=O)CCCCCCCCCCCCCCC. The first-order valence-corrected chi connectivity index (χ1v) is 28.9. The Balaban J connectivity index is 4.61. The maximum Gasteiger partial charge on any atom is 0.306 e. The van der Waals surface area contributed by atoms with Gasteiger partial charge >= 0.3 is 5.97 Å². The molecule has 6 heteroatoms. The van der Waals surface area contributed by atoms with Gasteiger partial charge in [-0.3, -0.25) is 9.59 Å². The van der Waals surface area contributed by atoms with Crippen LogP contribution in [-0.4, -0.2) is 46.9 Å². The normalized spacial score (nSPS) is 13.5. The topological polar surface area (TPSA) is 95.9 Å². The van der Waals surface area contributed by atoms with Gasteiger partial charge < -0.3 is 20.3 Å². The Morgan fingerprint density at radius 1 is 0.439 bits per heavy atom. The van der Waals surface area contributed by atoms with Crippen molar-refractivity contribution in [3.05, 3.63) is 48.6 Å². The van der Waals surface area contributed by atoms with Gasteiger partial charge in [-0.1, -0.05) is 268 Å². The zero-order valence-corrected chi connectivity index (χ0v) is 44.1. The Morgan fingerprint density at radius 2 is 0.788 bits per heavy atom. The quantitative estimate of drug-likeness (QED) is 0.0321. The number of rotatable bonds is 52. The van der Waals surface area contributed by atoms with Gasteiger partial charge in [-0.2, -0.15) is 0 Å². The van der Waals surface area contributed by atoms with E-state index < -0.39 is 18.2 Å². The summed E-state index contributed by atoms with van der Waals surface area (Å²) in [6, 6.07) is -0.718. The predicted octanol–water partition coefficient (Wildman–Crippen LogP) is 17.8. The third kappa shape index (κ3) is 48.3. The lowest BCUT2D eigenvalue weighted by molar-refractivity contribution is -0.151. The summed E-state index contributed by atoms with van der Waals surface area (Å²) >= 11 is 0. The van der Waals surface area contributed by atoms with Crippen molar-refractivity contribution in [3.8, 4) is 0 Å². The van der Waals surface area contributed by atoms with Crippen LogP contribution in [-0.2, 0) is 14.3 Å². The highest BCUT2D eigenvalue weighted by molar-refractivity contribution is 5.77. The van der Waals surface area contributed by atoms with Crippen LogP contribution in [0.2, 0.25) is 0 Å². The average molecular weight is 927 g/mol. The third-order valence-corrected chi connectivity index (χ3v) is 13.2. The van der Waals surface area contributed by atoms with Crippen LogP contribution in [0.4, 0.5) is 0 Å². The van der Waals surface area contributed by atoms with E-state index in [1.54, 1.807) is 0 Å². The Kier molecular flexibility index (Phi) is 52.0. The molecule has 3 unspecified atom stereocenters. The summed E-state index contributed by atoms with van der Waals surface area (Å²) in [6.45, 7) is 6.47. The largest absolute Gasteiger partial charge is 0.462 e. The lowest BCUT2D eigenvalue weighted by Crippen LogP contribution is -2.46. The van der Waals surface area contributed by atoms with Gasteiger partial charge in [-0.15, -0.1) is 0 Å². The first-order chi connectivity index (χ1) is 32.5. The zero-order valence-electron chi connectivity index (χ0n) is 44.1. The number of amides is 1. The molecule has 0 aliphatic rings. The maximum atomic E-state index is 13.3. The molecule has 0 aromatic rings. The van der Waals surface area contributed by atoms with Crippen molar-refractivity contribution in [1.29, 1.82) is 0 Å². The first-order valence-electron chi connectivity index (χ1n) is 28.9. The zero-order chi connectivity index (χ0) is 48.1.